The van der Waals surface area contributed by atoms with Crippen LogP contribution in [-0.2, 0) is 0 Å². The van der Waals surface area contributed by atoms with Crippen LogP contribution in [0.25, 0.3) is 6.08 Å². The molecule has 0 saturated heterocycles. The third kappa shape index (κ3) is 1.46. The highest BCUT2D eigenvalue weighted by molar-refractivity contribution is 6.03. The molecule has 1 aromatic carbocycles. The fraction of sp³-hybridized carbons (Fsp3) is 0.353. The molecule has 0 unspecified atom stereocenters. The van der Waals surface area contributed by atoms with Crippen LogP contribution in [0.2, 0.25) is 0 Å². The van der Waals surface area contributed by atoms with E-state index < -0.39 is 0 Å². The van der Waals surface area contributed by atoms with Crippen molar-refractivity contribution >= 4 is 11.9 Å². The summed E-state index contributed by atoms with van der Waals surface area (Å²) in [6.45, 7) is 0. The van der Waals surface area contributed by atoms with Gasteiger partial charge >= 0.3 is 0 Å². The minimum absolute atomic E-state index is 0.154. The zero-order valence-corrected chi connectivity index (χ0v) is 10.9. The van der Waals surface area contributed by atoms with Gasteiger partial charge < -0.3 is 4.74 Å². The highest BCUT2D eigenvalue weighted by Crippen LogP contribution is 2.51. The van der Waals surface area contributed by atoms with Crippen LogP contribution in [0.15, 0.2) is 36.4 Å². The Bertz CT molecular complexity index is 612. The highest BCUT2D eigenvalue weighted by Gasteiger charge is 2.47. The van der Waals surface area contributed by atoms with Crippen LogP contribution >= 0.6 is 0 Å². The van der Waals surface area contributed by atoms with Crippen LogP contribution in [0.3, 0.4) is 0 Å². The number of methoxy groups -OCH3 is 1. The topological polar surface area (TPSA) is 26.3 Å². The van der Waals surface area contributed by atoms with Crippen molar-refractivity contribution in [3.63, 3.8) is 0 Å². The summed E-state index contributed by atoms with van der Waals surface area (Å²) in [4.78, 5) is 12.8. The summed E-state index contributed by atoms with van der Waals surface area (Å²) in [5, 5.41) is 0. The lowest BCUT2D eigenvalue weighted by Crippen LogP contribution is -2.25. The molecular weight excluding hydrogens is 236 g/mol. The van der Waals surface area contributed by atoms with Crippen LogP contribution in [0, 0.1) is 23.7 Å². The first-order chi connectivity index (χ1) is 9.28. The molecule has 0 spiro atoms. The van der Waals surface area contributed by atoms with Crippen LogP contribution in [0.1, 0.15) is 22.3 Å². The molecular formula is C17H16O2. The second kappa shape index (κ2) is 3.83. The second-order valence-corrected chi connectivity index (χ2v) is 5.73. The van der Waals surface area contributed by atoms with Gasteiger partial charge in [-0.15, -0.1) is 0 Å². The van der Waals surface area contributed by atoms with E-state index in [1.807, 2.05) is 18.2 Å². The Morgan fingerprint density at radius 1 is 1.16 bits per heavy atom. The Kier molecular flexibility index (Phi) is 2.22. The van der Waals surface area contributed by atoms with Gasteiger partial charge in [0, 0.05) is 11.5 Å². The molecule has 0 amide bonds. The predicted octanol–water partition coefficient (Wildman–Crippen LogP) is 3.34. The second-order valence-electron chi connectivity index (χ2n) is 5.73. The van der Waals surface area contributed by atoms with Crippen LogP contribution in [0.5, 0.6) is 5.75 Å². The molecule has 1 fully saturated rings. The van der Waals surface area contributed by atoms with Gasteiger partial charge in [-0.25, -0.2) is 0 Å². The number of fused-ring (bicyclic) bond motifs is 6. The zero-order chi connectivity index (χ0) is 13.0. The largest absolute Gasteiger partial charge is 0.497 e. The summed E-state index contributed by atoms with van der Waals surface area (Å²) in [5.41, 5.74) is 1.85. The smallest absolute Gasteiger partial charge is 0.167 e. The molecule has 0 N–H and O–H groups in total. The lowest BCUT2D eigenvalue weighted by molar-refractivity contribution is 0.0879. The molecule has 0 radical (unpaired) electrons. The van der Waals surface area contributed by atoms with E-state index in [1.165, 1.54) is 0 Å². The molecule has 4 rings (SSSR count). The third-order valence-electron chi connectivity index (χ3n) is 4.85. The van der Waals surface area contributed by atoms with E-state index in [0.29, 0.717) is 23.5 Å². The molecule has 3 aliphatic carbocycles. The van der Waals surface area contributed by atoms with E-state index in [-0.39, 0.29) is 5.92 Å². The molecule has 2 bridgehead atoms. The number of hydrogen-bond acceptors (Lipinski definition) is 2. The molecule has 2 heteroatoms. The quantitative estimate of drug-likeness (QED) is 0.716. The lowest BCUT2D eigenvalue weighted by atomic mass is 9.79. The van der Waals surface area contributed by atoms with Gasteiger partial charge in [-0.1, -0.05) is 24.3 Å². The van der Waals surface area contributed by atoms with Gasteiger partial charge in [-0.2, -0.15) is 0 Å². The summed E-state index contributed by atoms with van der Waals surface area (Å²) in [6, 6.07) is 5.76. The van der Waals surface area contributed by atoms with E-state index in [4.69, 9.17) is 4.74 Å². The molecule has 0 heterocycles. The highest BCUT2D eigenvalue weighted by atomic mass is 16.5. The summed E-state index contributed by atoms with van der Waals surface area (Å²) in [5.74, 6) is 2.67. The lowest BCUT2D eigenvalue weighted by Gasteiger charge is -2.23. The normalized spacial score (nSPS) is 34.1. The molecule has 1 aromatic rings. The van der Waals surface area contributed by atoms with Gasteiger partial charge in [0.15, 0.2) is 5.78 Å². The number of ketones is 1. The Morgan fingerprint density at radius 3 is 2.84 bits per heavy atom. The Morgan fingerprint density at radius 2 is 2.00 bits per heavy atom. The Balaban J connectivity index is 1.83. The van der Waals surface area contributed by atoms with Gasteiger partial charge in [-0.3, -0.25) is 4.79 Å². The summed E-state index contributed by atoms with van der Waals surface area (Å²) >= 11 is 0. The maximum atomic E-state index is 12.8. The van der Waals surface area contributed by atoms with Crippen LogP contribution in [0.4, 0.5) is 0 Å². The molecule has 96 valence electrons. The third-order valence-corrected chi connectivity index (χ3v) is 4.85. The molecule has 3 aliphatic rings. The Hall–Kier alpha value is -1.83. The van der Waals surface area contributed by atoms with Gasteiger partial charge in [-0.05, 0) is 47.9 Å². The number of carbonyl (C=O) groups excluding carboxylic acids is 1. The monoisotopic (exact) mass is 252 g/mol. The van der Waals surface area contributed by atoms with Crippen molar-refractivity contribution < 1.29 is 9.53 Å². The van der Waals surface area contributed by atoms with Crippen LogP contribution < -0.4 is 4.74 Å². The zero-order valence-electron chi connectivity index (χ0n) is 10.9. The fourth-order valence-corrected chi connectivity index (χ4v) is 3.92. The van der Waals surface area contributed by atoms with Crippen LogP contribution in [-0.4, -0.2) is 12.9 Å². The first-order valence-electron chi connectivity index (χ1n) is 6.87. The van der Waals surface area contributed by atoms with Crippen molar-refractivity contribution in [1.82, 2.24) is 0 Å². The fourth-order valence-electron chi connectivity index (χ4n) is 3.92. The van der Waals surface area contributed by atoms with Crippen molar-refractivity contribution in [2.24, 2.45) is 23.7 Å². The van der Waals surface area contributed by atoms with Gasteiger partial charge in [0.1, 0.15) is 5.75 Å². The van der Waals surface area contributed by atoms with Gasteiger partial charge in [0.2, 0.25) is 0 Å². The van der Waals surface area contributed by atoms with E-state index in [0.717, 1.165) is 23.3 Å². The van der Waals surface area contributed by atoms with Gasteiger partial charge in [0.05, 0.1) is 7.11 Å². The number of allylic oxidation sites excluding steroid dienone is 3. The summed E-state index contributed by atoms with van der Waals surface area (Å²) < 4.78 is 5.25. The van der Waals surface area contributed by atoms with E-state index in [1.54, 1.807) is 7.11 Å². The number of hydrogen-bond donors (Lipinski definition) is 0. The standard InChI is InChI=1S/C17H16O2/c1-19-13-5-7-15-11(9-13)4-6-14-10-2-3-12(8-10)16(14)17(15)18/h2-7,9-10,12,14,16H,8H2,1H3/t10-,12+,14+,16-/m1/s1. The summed E-state index contributed by atoms with van der Waals surface area (Å²) in [7, 11) is 1.66. The number of ether oxygens (including phenoxy) is 1. The summed E-state index contributed by atoms with van der Waals surface area (Å²) in [6.07, 6.45) is 10.0. The molecule has 2 nitrogen and oxygen atoms in total. The first kappa shape index (κ1) is 11.0. The van der Waals surface area contributed by atoms with Crippen molar-refractivity contribution in [1.29, 1.82) is 0 Å². The Labute approximate surface area is 112 Å². The number of rotatable bonds is 1. The van der Waals surface area contributed by atoms with E-state index in [9.17, 15) is 4.79 Å². The average Bonchev–Trinajstić information content (AvgIpc) is 3.01. The SMILES string of the molecule is COc1ccc2c(c1)C=C[C@@H]1[C@H](C2=O)[C@H]2C=C[C@@H]1C2. The average molecular weight is 252 g/mol. The van der Waals surface area contributed by atoms with Crippen molar-refractivity contribution in [2.45, 2.75) is 6.42 Å². The molecule has 0 aliphatic heterocycles. The number of carbonyl (C=O) groups is 1. The first-order valence-corrected chi connectivity index (χ1v) is 6.87. The molecule has 1 saturated carbocycles. The van der Waals surface area contributed by atoms with E-state index in [2.05, 4.69) is 24.3 Å². The molecule has 4 atom stereocenters. The van der Waals surface area contributed by atoms with Gasteiger partial charge in [0.25, 0.3) is 0 Å². The molecule has 19 heavy (non-hydrogen) atoms. The minimum atomic E-state index is 0.154. The van der Waals surface area contributed by atoms with Crippen molar-refractivity contribution in [2.75, 3.05) is 7.11 Å². The number of benzene rings is 1. The molecule has 0 aromatic heterocycles. The minimum Gasteiger partial charge on any atom is -0.497 e. The maximum absolute atomic E-state index is 12.8. The van der Waals surface area contributed by atoms with Crippen molar-refractivity contribution in [3.8, 4) is 5.75 Å². The number of Topliss-reactive ketones (excluding diaryl/α,β-unsaturated/α-hetero) is 1. The maximum Gasteiger partial charge on any atom is 0.167 e. The van der Waals surface area contributed by atoms with E-state index >= 15 is 0 Å². The van der Waals surface area contributed by atoms with Crippen molar-refractivity contribution in [3.05, 3.63) is 47.6 Å². The predicted molar refractivity (Wildman–Crippen MR) is 74.1 cm³/mol.